The summed E-state index contributed by atoms with van der Waals surface area (Å²) < 4.78 is 6.78. The maximum Gasteiger partial charge on any atom is 0.247 e. The van der Waals surface area contributed by atoms with Gasteiger partial charge in [-0.2, -0.15) is 9.67 Å². The minimum absolute atomic E-state index is 0.284. The number of aromatic nitrogens is 3. The van der Waals surface area contributed by atoms with Crippen molar-refractivity contribution in [2.24, 2.45) is 0 Å². The summed E-state index contributed by atoms with van der Waals surface area (Å²) in [6.45, 7) is 3.48. The first-order valence-corrected chi connectivity index (χ1v) is 7.52. The van der Waals surface area contributed by atoms with Crippen LogP contribution in [0.4, 0.5) is 11.9 Å². The molecule has 1 fully saturated rings. The molecule has 0 unspecified atom stereocenters. The van der Waals surface area contributed by atoms with E-state index in [2.05, 4.69) is 15.4 Å². The fraction of sp³-hybridized carbons (Fsp3) is 0.357. The number of nitrogen functional groups attached to an aromatic ring is 1. The van der Waals surface area contributed by atoms with Crippen LogP contribution in [0.25, 0.3) is 0 Å². The summed E-state index contributed by atoms with van der Waals surface area (Å²) in [4.78, 5) is 6.32. The Hall–Kier alpha value is -2.19. The number of rotatable bonds is 3. The lowest BCUT2D eigenvalue weighted by atomic mass is 10.2. The summed E-state index contributed by atoms with van der Waals surface area (Å²) in [7, 11) is 0. The van der Waals surface area contributed by atoms with Gasteiger partial charge < -0.3 is 20.7 Å². The molecule has 116 valence electrons. The van der Waals surface area contributed by atoms with Crippen LogP contribution in [0.1, 0.15) is 5.56 Å². The lowest BCUT2D eigenvalue weighted by Gasteiger charge is -2.25. The second kappa shape index (κ2) is 6.71. The Morgan fingerprint density at radius 3 is 2.73 bits per heavy atom. The number of ether oxygens (including phenoxy) is 1. The third kappa shape index (κ3) is 3.34. The molecule has 0 saturated carbocycles. The Balaban J connectivity index is 1.66. The molecule has 0 spiro atoms. The highest BCUT2D eigenvalue weighted by Crippen LogP contribution is 2.12. The van der Waals surface area contributed by atoms with Gasteiger partial charge in [0.1, 0.15) is 0 Å². The van der Waals surface area contributed by atoms with E-state index in [1.54, 1.807) is 0 Å². The molecule has 0 amide bonds. The van der Waals surface area contributed by atoms with Gasteiger partial charge in [0.25, 0.3) is 0 Å². The Bertz CT molecular complexity index is 638. The van der Waals surface area contributed by atoms with Crippen molar-refractivity contribution in [3.8, 4) is 0 Å². The smallest absolute Gasteiger partial charge is 0.247 e. The minimum Gasteiger partial charge on any atom is -0.378 e. The van der Waals surface area contributed by atoms with Crippen molar-refractivity contribution in [1.29, 1.82) is 0 Å². The van der Waals surface area contributed by atoms with Crippen LogP contribution in [0.15, 0.2) is 30.3 Å². The fourth-order valence-corrected chi connectivity index (χ4v) is 2.41. The SMILES string of the molecule is Nc1nc(N2CCOCC2)nn1C(=S)NCc1ccccc1. The highest BCUT2D eigenvalue weighted by atomic mass is 32.1. The molecular weight excluding hydrogens is 300 g/mol. The van der Waals surface area contributed by atoms with Crippen molar-refractivity contribution in [2.45, 2.75) is 6.54 Å². The molecule has 1 aromatic carbocycles. The average Bonchev–Trinajstić information content (AvgIpc) is 2.96. The summed E-state index contributed by atoms with van der Waals surface area (Å²) in [6.07, 6.45) is 0. The lowest BCUT2D eigenvalue weighted by Crippen LogP contribution is -2.37. The van der Waals surface area contributed by atoms with Crippen molar-refractivity contribution < 1.29 is 4.74 Å². The van der Waals surface area contributed by atoms with Gasteiger partial charge in [0.2, 0.25) is 11.9 Å². The molecule has 1 saturated heterocycles. The van der Waals surface area contributed by atoms with E-state index in [0.717, 1.165) is 18.7 Å². The zero-order valence-electron chi connectivity index (χ0n) is 12.1. The van der Waals surface area contributed by atoms with E-state index in [9.17, 15) is 0 Å². The van der Waals surface area contributed by atoms with Crippen molar-refractivity contribution in [3.05, 3.63) is 35.9 Å². The molecule has 22 heavy (non-hydrogen) atoms. The van der Waals surface area contributed by atoms with Gasteiger partial charge in [-0.15, -0.1) is 5.10 Å². The summed E-state index contributed by atoms with van der Waals surface area (Å²) in [5.74, 6) is 0.872. The quantitative estimate of drug-likeness (QED) is 0.803. The normalized spacial score (nSPS) is 14.8. The molecule has 1 aliphatic rings. The molecule has 0 atom stereocenters. The number of benzene rings is 1. The Morgan fingerprint density at radius 1 is 1.27 bits per heavy atom. The van der Waals surface area contributed by atoms with Crippen LogP contribution in [-0.4, -0.2) is 46.2 Å². The van der Waals surface area contributed by atoms with Crippen LogP contribution < -0.4 is 16.0 Å². The minimum atomic E-state index is 0.284. The van der Waals surface area contributed by atoms with E-state index in [0.29, 0.717) is 30.8 Å². The molecule has 8 heteroatoms. The zero-order chi connectivity index (χ0) is 15.4. The van der Waals surface area contributed by atoms with Crippen LogP contribution in [-0.2, 0) is 11.3 Å². The number of hydrogen-bond acceptors (Lipinski definition) is 6. The molecule has 0 bridgehead atoms. The van der Waals surface area contributed by atoms with E-state index in [1.165, 1.54) is 4.68 Å². The van der Waals surface area contributed by atoms with Crippen molar-refractivity contribution in [3.63, 3.8) is 0 Å². The predicted octanol–water partition coefficient (Wildman–Crippen LogP) is 0.620. The van der Waals surface area contributed by atoms with E-state index < -0.39 is 0 Å². The number of anilines is 2. The van der Waals surface area contributed by atoms with Gasteiger partial charge in [0.05, 0.1) is 13.2 Å². The second-order valence-corrected chi connectivity index (χ2v) is 5.31. The molecule has 1 aliphatic heterocycles. The molecule has 3 rings (SSSR count). The van der Waals surface area contributed by atoms with Crippen LogP contribution >= 0.6 is 12.2 Å². The van der Waals surface area contributed by atoms with E-state index >= 15 is 0 Å². The topological polar surface area (TPSA) is 81.2 Å². The number of hydrogen-bond donors (Lipinski definition) is 2. The predicted molar refractivity (Wildman–Crippen MR) is 88.7 cm³/mol. The monoisotopic (exact) mass is 318 g/mol. The van der Waals surface area contributed by atoms with Crippen molar-refractivity contribution >= 4 is 29.2 Å². The highest BCUT2D eigenvalue weighted by molar-refractivity contribution is 7.80. The van der Waals surface area contributed by atoms with Gasteiger partial charge in [0.15, 0.2) is 5.11 Å². The van der Waals surface area contributed by atoms with Gasteiger partial charge in [-0.1, -0.05) is 30.3 Å². The van der Waals surface area contributed by atoms with Crippen LogP contribution in [0.3, 0.4) is 0 Å². The number of nitrogens with two attached hydrogens (primary N) is 1. The van der Waals surface area contributed by atoms with Gasteiger partial charge >= 0.3 is 0 Å². The molecule has 1 aromatic heterocycles. The summed E-state index contributed by atoms with van der Waals surface area (Å²) >= 11 is 5.35. The largest absolute Gasteiger partial charge is 0.378 e. The van der Waals surface area contributed by atoms with Gasteiger partial charge in [0, 0.05) is 19.6 Å². The Morgan fingerprint density at radius 2 is 2.00 bits per heavy atom. The Kier molecular flexibility index (Phi) is 4.50. The number of nitrogens with zero attached hydrogens (tertiary/aromatic N) is 4. The summed E-state index contributed by atoms with van der Waals surface area (Å²) in [5, 5.41) is 7.97. The molecule has 2 heterocycles. The molecule has 7 nitrogen and oxygen atoms in total. The van der Waals surface area contributed by atoms with E-state index in [1.807, 2.05) is 35.2 Å². The summed E-state index contributed by atoms with van der Waals surface area (Å²) in [6, 6.07) is 10.0. The molecule has 0 aliphatic carbocycles. The highest BCUT2D eigenvalue weighted by Gasteiger charge is 2.18. The average molecular weight is 318 g/mol. The lowest BCUT2D eigenvalue weighted by molar-refractivity contribution is 0.122. The first-order chi connectivity index (χ1) is 10.7. The van der Waals surface area contributed by atoms with Gasteiger partial charge in [-0.05, 0) is 17.8 Å². The van der Waals surface area contributed by atoms with Gasteiger partial charge in [-0.3, -0.25) is 0 Å². The van der Waals surface area contributed by atoms with Crippen LogP contribution in [0, 0.1) is 0 Å². The zero-order valence-corrected chi connectivity index (χ0v) is 12.9. The number of nitrogens with one attached hydrogen (secondary N) is 1. The second-order valence-electron chi connectivity index (χ2n) is 4.93. The van der Waals surface area contributed by atoms with Crippen molar-refractivity contribution in [1.82, 2.24) is 20.1 Å². The number of thiocarbonyl (C=S) groups is 1. The molecular formula is C14H18N6OS. The molecule has 2 aromatic rings. The third-order valence-corrected chi connectivity index (χ3v) is 3.71. The van der Waals surface area contributed by atoms with E-state index in [4.69, 9.17) is 22.7 Å². The molecule has 3 N–H and O–H groups in total. The first-order valence-electron chi connectivity index (χ1n) is 7.11. The number of morpholine rings is 1. The third-order valence-electron chi connectivity index (χ3n) is 3.39. The Labute approximate surface area is 134 Å². The van der Waals surface area contributed by atoms with Crippen LogP contribution in [0.2, 0.25) is 0 Å². The van der Waals surface area contributed by atoms with Gasteiger partial charge in [-0.25, -0.2) is 0 Å². The standard InChI is InChI=1S/C14H18N6OS/c15-12-17-13(19-6-8-21-9-7-19)18-20(12)14(22)16-10-11-4-2-1-3-5-11/h1-5H,6-10H2,(H,16,22)(H2,15,17,18). The maximum atomic E-state index is 5.92. The van der Waals surface area contributed by atoms with Crippen LogP contribution in [0.5, 0.6) is 0 Å². The van der Waals surface area contributed by atoms with E-state index in [-0.39, 0.29) is 5.95 Å². The maximum absolute atomic E-state index is 5.92. The fourth-order valence-electron chi connectivity index (χ4n) is 2.21. The van der Waals surface area contributed by atoms with Crippen molar-refractivity contribution in [2.75, 3.05) is 36.9 Å². The summed E-state index contributed by atoms with van der Waals surface area (Å²) in [5.41, 5.74) is 7.06. The molecule has 0 radical (unpaired) electrons. The first kappa shape index (κ1) is 14.7.